The predicted molar refractivity (Wildman–Crippen MR) is 90.0 cm³/mol. The molecule has 5 nitrogen and oxygen atoms in total. The van der Waals surface area contributed by atoms with E-state index in [0.717, 1.165) is 24.0 Å². The van der Waals surface area contributed by atoms with E-state index in [2.05, 4.69) is 4.98 Å². The number of rotatable bonds is 2. The number of phenolic OH excluding ortho intramolecular Hbond substituents is 1. The normalized spacial score (nSPS) is 17.0. The SMILES string of the molecule is O=C(C1CC1)N1CCOc2c(O)cc(-c3ccc(Cl)cn3)cc2C1. The predicted octanol–water partition coefficient (Wildman–Crippen LogP) is 3.24. The smallest absolute Gasteiger partial charge is 0.226 e. The van der Waals surface area contributed by atoms with E-state index in [9.17, 15) is 9.90 Å². The van der Waals surface area contributed by atoms with Crippen LogP contribution in [0.1, 0.15) is 18.4 Å². The van der Waals surface area contributed by atoms with Crippen LogP contribution in [0.15, 0.2) is 30.5 Å². The number of carbonyl (C=O) groups excluding carboxylic acids is 1. The van der Waals surface area contributed by atoms with Crippen molar-refractivity contribution in [3.05, 3.63) is 41.0 Å². The van der Waals surface area contributed by atoms with Crippen molar-refractivity contribution in [3.8, 4) is 22.8 Å². The lowest BCUT2D eigenvalue weighted by Gasteiger charge is -2.19. The summed E-state index contributed by atoms with van der Waals surface area (Å²) in [5, 5.41) is 10.9. The highest BCUT2D eigenvalue weighted by Gasteiger charge is 2.34. The molecule has 2 aliphatic rings. The lowest BCUT2D eigenvalue weighted by atomic mass is 10.0. The van der Waals surface area contributed by atoms with Crippen LogP contribution in [-0.2, 0) is 11.3 Å². The van der Waals surface area contributed by atoms with Gasteiger partial charge in [0.25, 0.3) is 0 Å². The first kappa shape index (κ1) is 15.3. The molecule has 24 heavy (non-hydrogen) atoms. The van der Waals surface area contributed by atoms with Crippen LogP contribution in [0.5, 0.6) is 11.5 Å². The summed E-state index contributed by atoms with van der Waals surface area (Å²) in [5.74, 6) is 0.876. The van der Waals surface area contributed by atoms with Crippen molar-refractivity contribution in [1.82, 2.24) is 9.88 Å². The molecule has 0 saturated heterocycles. The van der Waals surface area contributed by atoms with E-state index in [4.69, 9.17) is 16.3 Å². The second-order valence-electron chi connectivity index (χ2n) is 6.23. The number of aromatic nitrogens is 1. The molecule has 0 bridgehead atoms. The monoisotopic (exact) mass is 344 g/mol. The molecule has 0 atom stereocenters. The van der Waals surface area contributed by atoms with Gasteiger partial charge in [0.1, 0.15) is 6.61 Å². The highest BCUT2D eigenvalue weighted by molar-refractivity contribution is 6.30. The number of amides is 1. The van der Waals surface area contributed by atoms with E-state index in [0.29, 0.717) is 36.2 Å². The molecule has 1 amide bonds. The summed E-state index contributed by atoms with van der Waals surface area (Å²) < 4.78 is 5.68. The molecule has 124 valence electrons. The molecule has 0 radical (unpaired) electrons. The number of pyridine rings is 1. The highest BCUT2D eigenvalue weighted by atomic mass is 35.5. The van der Waals surface area contributed by atoms with Crippen LogP contribution in [0, 0.1) is 5.92 Å². The molecule has 1 aromatic heterocycles. The van der Waals surface area contributed by atoms with E-state index in [1.807, 2.05) is 11.0 Å². The van der Waals surface area contributed by atoms with Gasteiger partial charge < -0.3 is 14.7 Å². The summed E-state index contributed by atoms with van der Waals surface area (Å²) in [6.07, 6.45) is 3.52. The second-order valence-corrected chi connectivity index (χ2v) is 6.66. The van der Waals surface area contributed by atoms with Gasteiger partial charge in [0.15, 0.2) is 11.5 Å². The maximum atomic E-state index is 12.4. The average Bonchev–Trinajstić information content (AvgIpc) is 3.41. The van der Waals surface area contributed by atoms with Gasteiger partial charge in [-0.05, 0) is 37.1 Å². The van der Waals surface area contributed by atoms with Gasteiger partial charge in [-0.15, -0.1) is 0 Å². The van der Waals surface area contributed by atoms with Crippen molar-refractivity contribution < 1.29 is 14.6 Å². The molecule has 0 unspecified atom stereocenters. The van der Waals surface area contributed by atoms with Crippen molar-refractivity contribution in [2.75, 3.05) is 13.2 Å². The number of benzene rings is 1. The zero-order valence-corrected chi connectivity index (χ0v) is 13.8. The number of halogens is 1. The van der Waals surface area contributed by atoms with Gasteiger partial charge in [-0.3, -0.25) is 9.78 Å². The number of fused-ring (bicyclic) bond motifs is 1. The summed E-state index contributed by atoms with van der Waals surface area (Å²) in [6.45, 7) is 1.37. The molecular weight excluding hydrogens is 328 g/mol. The Bertz CT molecular complexity index is 788. The van der Waals surface area contributed by atoms with Crippen LogP contribution in [0.4, 0.5) is 0 Å². The lowest BCUT2D eigenvalue weighted by molar-refractivity contribution is -0.133. The Morgan fingerprint density at radius 1 is 1.33 bits per heavy atom. The van der Waals surface area contributed by atoms with Crippen molar-refractivity contribution in [2.24, 2.45) is 5.92 Å². The first-order chi connectivity index (χ1) is 11.6. The van der Waals surface area contributed by atoms with Gasteiger partial charge in [0.2, 0.25) is 5.91 Å². The number of carbonyl (C=O) groups is 1. The number of hydrogen-bond donors (Lipinski definition) is 1. The first-order valence-corrected chi connectivity index (χ1v) is 8.39. The van der Waals surface area contributed by atoms with Crippen LogP contribution >= 0.6 is 11.6 Å². The maximum Gasteiger partial charge on any atom is 0.226 e. The van der Waals surface area contributed by atoms with E-state index < -0.39 is 0 Å². The summed E-state index contributed by atoms with van der Waals surface area (Å²) in [4.78, 5) is 18.5. The lowest BCUT2D eigenvalue weighted by Crippen LogP contribution is -2.33. The topological polar surface area (TPSA) is 62.7 Å². The van der Waals surface area contributed by atoms with E-state index in [1.54, 1.807) is 24.4 Å². The van der Waals surface area contributed by atoms with Crippen molar-refractivity contribution >= 4 is 17.5 Å². The zero-order chi connectivity index (χ0) is 16.7. The number of nitrogens with zero attached hydrogens (tertiary/aromatic N) is 2. The second kappa shape index (κ2) is 5.98. The van der Waals surface area contributed by atoms with Gasteiger partial charge in [0, 0.05) is 29.8 Å². The number of hydrogen-bond acceptors (Lipinski definition) is 4. The summed E-state index contributed by atoms with van der Waals surface area (Å²) in [5.41, 5.74) is 2.28. The largest absolute Gasteiger partial charge is 0.504 e. The molecule has 1 aliphatic heterocycles. The summed E-state index contributed by atoms with van der Waals surface area (Å²) in [6, 6.07) is 7.11. The fourth-order valence-electron chi connectivity index (χ4n) is 2.97. The highest BCUT2D eigenvalue weighted by Crippen LogP contribution is 2.38. The van der Waals surface area contributed by atoms with Crippen LogP contribution in [0.25, 0.3) is 11.3 Å². The van der Waals surface area contributed by atoms with Gasteiger partial charge in [-0.2, -0.15) is 0 Å². The van der Waals surface area contributed by atoms with Crippen molar-refractivity contribution in [3.63, 3.8) is 0 Å². The molecular formula is C18H17ClN2O3. The van der Waals surface area contributed by atoms with E-state index >= 15 is 0 Å². The fourth-order valence-corrected chi connectivity index (χ4v) is 3.08. The zero-order valence-electron chi connectivity index (χ0n) is 13.0. The molecule has 1 saturated carbocycles. The minimum atomic E-state index is 0.0694. The fraction of sp³-hybridized carbons (Fsp3) is 0.333. The Balaban J connectivity index is 1.69. The number of ether oxygens (including phenoxy) is 1. The van der Waals surface area contributed by atoms with Gasteiger partial charge in [-0.1, -0.05) is 11.6 Å². The van der Waals surface area contributed by atoms with Gasteiger partial charge >= 0.3 is 0 Å². The van der Waals surface area contributed by atoms with E-state index in [-0.39, 0.29) is 17.6 Å². The molecule has 1 N–H and O–H groups in total. The van der Waals surface area contributed by atoms with Crippen LogP contribution < -0.4 is 4.74 Å². The summed E-state index contributed by atoms with van der Waals surface area (Å²) >= 11 is 5.88. The first-order valence-electron chi connectivity index (χ1n) is 8.01. The molecule has 6 heteroatoms. The number of phenols is 1. The molecule has 2 heterocycles. The maximum absolute atomic E-state index is 12.4. The number of aromatic hydroxyl groups is 1. The Morgan fingerprint density at radius 3 is 2.88 bits per heavy atom. The Morgan fingerprint density at radius 2 is 2.17 bits per heavy atom. The van der Waals surface area contributed by atoms with Crippen molar-refractivity contribution in [1.29, 1.82) is 0 Å². The Kier molecular flexibility index (Phi) is 3.81. The van der Waals surface area contributed by atoms with Crippen LogP contribution in [-0.4, -0.2) is 34.0 Å². The molecule has 2 aromatic rings. The van der Waals surface area contributed by atoms with E-state index in [1.165, 1.54) is 0 Å². The molecule has 0 spiro atoms. The minimum Gasteiger partial charge on any atom is -0.504 e. The third kappa shape index (κ3) is 2.91. The standard InChI is InChI=1S/C18H17ClN2O3/c19-14-3-4-15(20-9-14)12-7-13-10-21(18(23)11-1-2-11)5-6-24-17(13)16(22)8-12/h3-4,7-9,11,22H,1-2,5-6,10H2. The van der Waals surface area contributed by atoms with Gasteiger partial charge in [0.05, 0.1) is 17.3 Å². The van der Waals surface area contributed by atoms with Crippen LogP contribution in [0.2, 0.25) is 5.02 Å². The van der Waals surface area contributed by atoms with Crippen molar-refractivity contribution in [2.45, 2.75) is 19.4 Å². The third-order valence-corrected chi connectivity index (χ3v) is 4.60. The summed E-state index contributed by atoms with van der Waals surface area (Å²) in [7, 11) is 0. The Hall–Kier alpha value is -2.27. The van der Waals surface area contributed by atoms with Crippen LogP contribution in [0.3, 0.4) is 0 Å². The molecule has 4 rings (SSSR count). The minimum absolute atomic E-state index is 0.0694. The Labute approximate surface area is 144 Å². The quantitative estimate of drug-likeness (QED) is 0.908. The molecule has 1 aromatic carbocycles. The molecule has 1 fully saturated rings. The average molecular weight is 345 g/mol. The third-order valence-electron chi connectivity index (χ3n) is 4.38. The molecule has 1 aliphatic carbocycles. The van der Waals surface area contributed by atoms with Gasteiger partial charge in [-0.25, -0.2) is 0 Å².